The summed E-state index contributed by atoms with van der Waals surface area (Å²) in [5.41, 5.74) is 2.55. The molecule has 2 aromatic heterocycles. The van der Waals surface area contributed by atoms with Gasteiger partial charge in [0.05, 0.1) is 11.9 Å². The normalized spacial score (nSPS) is 20.5. The highest BCUT2D eigenvalue weighted by atomic mass is 19.3. The van der Waals surface area contributed by atoms with Gasteiger partial charge in [-0.05, 0) is 43.7 Å². The minimum atomic E-state index is -2.51. The van der Waals surface area contributed by atoms with Crippen molar-refractivity contribution in [3.8, 4) is 0 Å². The minimum Gasteiger partial charge on any atom is -0.329 e. The number of aromatic nitrogens is 2. The van der Waals surface area contributed by atoms with E-state index >= 15 is 0 Å². The molecule has 2 fully saturated rings. The number of halogens is 2. The lowest BCUT2D eigenvalue weighted by molar-refractivity contribution is -0.111. The lowest BCUT2D eigenvalue weighted by Crippen LogP contribution is -2.23. The third-order valence-corrected chi connectivity index (χ3v) is 6.18. The van der Waals surface area contributed by atoms with Crippen LogP contribution in [0.25, 0.3) is 17.1 Å². The summed E-state index contributed by atoms with van der Waals surface area (Å²) in [6.07, 6.45) is 14.8. The van der Waals surface area contributed by atoms with Gasteiger partial charge in [-0.1, -0.05) is 31.6 Å². The highest BCUT2D eigenvalue weighted by molar-refractivity contribution is 6.00. The molecule has 0 atom stereocenters. The van der Waals surface area contributed by atoms with E-state index in [4.69, 9.17) is 0 Å². The van der Waals surface area contributed by atoms with Crippen molar-refractivity contribution in [2.75, 3.05) is 5.32 Å². The van der Waals surface area contributed by atoms with Crippen LogP contribution in [0.4, 0.5) is 14.5 Å². The number of fused-ring (bicyclic) bond motifs is 1. The number of rotatable bonds is 5. The van der Waals surface area contributed by atoms with Gasteiger partial charge in [0.15, 0.2) is 0 Å². The molecule has 1 N–H and O–H groups in total. The smallest absolute Gasteiger partial charge is 0.248 e. The van der Waals surface area contributed by atoms with E-state index in [1.807, 2.05) is 12.1 Å². The standard InChI is InChI=1S/C23H27F2N3O/c1-2-21(29)27-18-13-20-17(8-7-16-9-11-23(24,25)12-10-16)15-28(22(20)26-14-18)19-5-3-4-6-19/h2,7-8,13-16,19H,1,3-6,9-12H2,(H,27,29). The minimum absolute atomic E-state index is 0.0366. The number of carbonyl (C=O) groups is 1. The van der Waals surface area contributed by atoms with Crippen molar-refractivity contribution in [2.24, 2.45) is 5.92 Å². The predicted octanol–water partition coefficient (Wildman–Crippen LogP) is 6.11. The Hall–Kier alpha value is -2.50. The third kappa shape index (κ3) is 4.41. The summed E-state index contributed by atoms with van der Waals surface area (Å²) in [5, 5.41) is 3.74. The van der Waals surface area contributed by atoms with Gasteiger partial charge in [0.25, 0.3) is 0 Å². The van der Waals surface area contributed by atoms with E-state index in [2.05, 4.69) is 33.7 Å². The van der Waals surface area contributed by atoms with Crippen molar-refractivity contribution < 1.29 is 13.6 Å². The molecule has 2 aliphatic carbocycles. The first-order chi connectivity index (χ1) is 13.9. The van der Waals surface area contributed by atoms with Crippen molar-refractivity contribution >= 4 is 28.7 Å². The molecular formula is C23H27F2N3O. The van der Waals surface area contributed by atoms with E-state index < -0.39 is 5.92 Å². The van der Waals surface area contributed by atoms with E-state index in [9.17, 15) is 13.6 Å². The Morgan fingerprint density at radius 3 is 2.66 bits per heavy atom. The van der Waals surface area contributed by atoms with Crippen LogP contribution in [-0.2, 0) is 4.79 Å². The van der Waals surface area contributed by atoms with Crippen LogP contribution in [0.5, 0.6) is 0 Å². The van der Waals surface area contributed by atoms with Crippen LogP contribution >= 0.6 is 0 Å². The highest BCUT2D eigenvalue weighted by Crippen LogP contribution is 2.38. The van der Waals surface area contributed by atoms with Crippen molar-refractivity contribution in [1.29, 1.82) is 0 Å². The van der Waals surface area contributed by atoms with Crippen LogP contribution in [0.1, 0.15) is 63.0 Å². The Morgan fingerprint density at radius 1 is 1.24 bits per heavy atom. The third-order valence-electron chi connectivity index (χ3n) is 6.18. The molecule has 6 heteroatoms. The van der Waals surface area contributed by atoms with Crippen molar-refractivity contribution in [3.05, 3.63) is 42.8 Å². The Bertz CT molecular complexity index is 931. The van der Waals surface area contributed by atoms with Crippen LogP contribution < -0.4 is 5.32 Å². The summed E-state index contributed by atoms with van der Waals surface area (Å²) in [6.45, 7) is 3.48. The van der Waals surface area contributed by atoms with Crippen LogP contribution in [0.2, 0.25) is 0 Å². The van der Waals surface area contributed by atoms with Gasteiger partial charge in [-0.15, -0.1) is 0 Å². The van der Waals surface area contributed by atoms with E-state index in [-0.39, 0.29) is 24.7 Å². The molecule has 0 aliphatic heterocycles. The molecule has 0 aromatic carbocycles. The first-order valence-corrected chi connectivity index (χ1v) is 10.5. The van der Waals surface area contributed by atoms with E-state index in [0.717, 1.165) is 29.4 Å². The first kappa shape index (κ1) is 19.8. The second kappa shape index (κ2) is 8.09. The molecule has 0 radical (unpaired) electrons. The summed E-state index contributed by atoms with van der Waals surface area (Å²) in [5.74, 6) is -2.61. The van der Waals surface area contributed by atoms with Crippen LogP contribution in [-0.4, -0.2) is 21.4 Å². The van der Waals surface area contributed by atoms with Gasteiger partial charge in [0, 0.05) is 36.0 Å². The second-order valence-corrected chi connectivity index (χ2v) is 8.27. The van der Waals surface area contributed by atoms with Gasteiger partial charge >= 0.3 is 0 Å². The summed E-state index contributed by atoms with van der Waals surface area (Å²) >= 11 is 0. The Balaban J connectivity index is 1.65. The number of carbonyl (C=O) groups excluding carboxylic acids is 1. The monoisotopic (exact) mass is 399 g/mol. The summed E-state index contributed by atoms with van der Waals surface area (Å²) < 4.78 is 29.1. The fourth-order valence-corrected chi connectivity index (χ4v) is 4.51. The van der Waals surface area contributed by atoms with Crippen LogP contribution in [0, 0.1) is 5.92 Å². The molecule has 29 heavy (non-hydrogen) atoms. The topological polar surface area (TPSA) is 46.9 Å². The predicted molar refractivity (Wildman–Crippen MR) is 112 cm³/mol. The van der Waals surface area contributed by atoms with Gasteiger partial charge in [-0.25, -0.2) is 13.8 Å². The van der Waals surface area contributed by atoms with Gasteiger partial charge in [-0.3, -0.25) is 4.79 Å². The highest BCUT2D eigenvalue weighted by Gasteiger charge is 2.34. The number of pyridine rings is 1. The zero-order chi connectivity index (χ0) is 20.4. The number of alkyl halides is 2. The van der Waals surface area contributed by atoms with E-state index in [0.29, 0.717) is 24.6 Å². The number of hydrogen-bond acceptors (Lipinski definition) is 2. The van der Waals surface area contributed by atoms with Crippen molar-refractivity contribution in [2.45, 2.75) is 63.3 Å². The Morgan fingerprint density at radius 2 is 1.97 bits per heavy atom. The average molecular weight is 399 g/mol. The SMILES string of the molecule is C=CC(=O)Nc1cnc2c(c1)c(C=CC1CCC(F)(F)CC1)cn2C1CCCC1. The first-order valence-electron chi connectivity index (χ1n) is 10.5. The molecular weight excluding hydrogens is 372 g/mol. The second-order valence-electron chi connectivity index (χ2n) is 8.27. The molecule has 0 bridgehead atoms. The zero-order valence-corrected chi connectivity index (χ0v) is 16.5. The molecule has 4 rings (SSSR count). The number of nitrogens with one attached hydrogen (secondary N) is 1. The maximum Gasteiger partial charge on any atom is 0.248 e. The molecule has 2 aromatic rings. The maximum absolute atomic E-state index is 13.4. The fraction of sp³-hybridized carbons (Fsp3) is 0.478. The molecule has 2 saturated carbocycles. The molecule has 154 valence electrons. The van der Waals surface area contributed by atoms with Crippen molar-refractivity contribution in [3.63, 3.8) is 0 Å². The summed E-state index contributed by atoms with van der Waals surface area (Å²) in [4.78, 5) is 16.3. The zero-order valence-electron chi connectivity index (χ0n) is 16.5. The van der Waals surface area contributed by atoms with Crippen LogP contribution in [0.3, 0.4) is 0 Å². The summed E-state index contributed by atoms with van der Waals surface area (Å²) in [7, 11) is 0. The van der Waals surface area contributed by atoms with Gasteiger partial charge in [0.1, 0.15) is 5.65 Å². The van der Waals surface area contributed by atoms with Crippen molar-refractivity contribution in [1.82, 2.24) is 9.55 Å². The maximum atomic E-state index is 13.4. The molecule has 0 spiro atoms. The van der Waals surface area contributed by atoms with Gasteiger partial charge < -0.3 is 9.88 Å². The van der Waals surface area contributed by atoms with Crippen LogP contribution in [0.15, 0.2) is 37.2 Å². The number of hydrogen-bond donors (Lipinski definition) is 1. The molecule has 1 amide bonds. The molecule has 4 nitrogen and oxygen atoms in total. The molecule has 0 unspecified atom stereocenters. The van der Waals surface area contributed by atoms with E-state index in [1.54, 1.807) is 6.20 Å². The number of nitrogens with zero attached hydrogens (tertiary/aromatic N) is 2. The molecule has 2 heterocycles. The molecule has 2 aliphatic rings. The number of allylic oxidation sites excluding steroid dienone is 1. The lowest BCUT2D eigenvalue weighted by atomic mass is 9.86. The fourth-order valence-electron chi connectivity index (χ4n) is 4.51. The van der Waals surface area contributed by atoms with Gasteiger partial charge in [-0.2, -0.15) is 0 Å². The average Bonchev–Trinajstić information content (AvgIpc) is 3.35. The van der Waals surface area contributed by atoms with Gasteiger partial charge in [0.2, 0.25) is 11.8 Å². The number of anilines is 1. The number of amides is 1. The Kier molecular flexibility index (Phi) is 5.52. The Labute approximate surface area is 169 Å². The largest absolute Gasteiger partial charge is 0.329 e. The summed E-state index contributed by atoms with van der Waals surface area (Å²) in [6, 6.07) is 2.37. The lowest BCUT2D eigenvalue weighted by Gasteiger charge is -2.26. The molecule has 0 saturated heterocycles. The van der Waals surface area contributed by atoms with E-state index in [1.165, 1.54) is 18.9 Å². The quantitative estimate of drug-likeness (QED) is 0.616.